The first-order valence-corrected chi connectivity index (χ1v) is 6.40. The SMILES string of the molecule is CC(=O)c1cc(-c2ccccc2C(F)(F)F)c(C)s1. The second-order valence-electron chi connectivity index (χ2n) is 4.18. The molecule has 0 spiro atoms. The van der Waals surface area contributed by atoms with Gasteiger partial charge in [-0.2, -0.15) is 13.2 Å². The van der Waals surface area contributed by atoms with Crippen LogP contribution in [0.15, 0.2) is 30.3 Å². The van der Waals surface area contributed by atoms with Crippen LogP contribution in [0.25, 0.3) is 11.1 Å². The summed E-state index contributed by atoms with van der Waals surface area (Å²) in [5, 5.41) is 0. The van der Waals surface area contributed by atoms with E-state index in [1.54, 1.807) is 13.0 Å². The number of carbonyl (C=O) groups is 1. The molecule has 19 heavy (non-hydrogen) atoms. The molecule has 0 amide bonds. The minimum Gasteiger partial charge on any atom is -0.294 e. The van der Waals surface area contributed by atoms with Gasteiger partial charge in [-0.1, -0.05) is 18.2 Å². The molecule has 0 unspecified atom stereocenters. The Morgan fingerprint density at radius 3 is 2.32 bits per heavy atom. The van der Waals surface area contributed by atoms with Crippen molar-refractivity contribution in [1.82, 2.24) is 0 Å². The fourth-order valence-electron chi connectivity index (χ4n) is 1.89. The van der Waals surface area contributed by atoms with Gasteiger partial charge in [-0.15, -0.1) is 11.3 Å². The summed E-state index contributed by atoms with van der Waals surface area (Å²) in [7, 11) is 0. The average molecular weight is 284 g/mol. The van der Waals surface area contributed by atoms with Crippen LogP contribution in [0.4, 0.5) is 13.2 Å². The van der Waals surface area contributed by atoms with Gasteiger partial charge in [0.15, 0.2) is 5.78 Å². The largest absolute Gasteiger partial charge is 0.417 e. The zero-order valence-corrected chi connectivity index (χ0v) is 11.2. The number of halogens is 3. The minimum absolute atomic E-state index is 0.122. The maximum absolute atomic E-state index is 13.0. The summed E-state index contributed by atoms with van der Waals surface area (Å²) < 4.78 is 38.9. The Kier molecular flexibility index (Phi) is 3.49. The molecule has 0 radical (unpaired) electrons. The van der Waals surface area contributed by atoms with Crippen molar-refractivity contribution in [3.05, 3.63) is 45.6 Å². The first-order valence-electron chi connectivity index (χ1n) is 5.58. The molecule has 0 N–H and O–H groups in total. The van der Waals surface area contributed by atoms with Crippen LogP contribution in [0.5, 0.6) is 0 Å². The molecule has 2 aromatic rings. The van der Waals surface area contributed by atoms with Crippen molar-refractivity contribution in [2.45, 2.75) is 20.0 Å². The standard InChI is InChI=1S/C14H11F3OS/c1-8(18)13-7-11(9(2)19-13)10-5-3-4-6-12(10)14(15,16)17/h3-7H,1-2H3. The topological polar surface area (TPSA) is 17.1 Å². The van der Waals surface area contributed by atoms with Gasteiger partial charge in [0, 0.05) is 4.88 Å². The van der Waals surface area contributed by atoms with Crippen LogP contribution in [0.3, 0.4) is 0 Å². The Morgan fingerprint density at radius 2 is 1.79 bits per heavy atom. The van der Waals surface area contributed by atoms with Gasteiger partial charge in [0.1, 0.15) is 0 Å². The highest BCUT2D eigenvalue weighted by atomic mass is 32.1. The van der Waals surface area contributed by atoms with Gasteiger partial charge in [0.25, 0.3) is 0 Å². The molecular formula is C14H11F3OS. The molecule has 0 saturated carbocycles. The Labute approximate surface area is 112 Å². The lowest BCUT2D eigenvalue weighted by Gasteiger charge is -2.12. The van der Waals surface area contributed by atoms with Crippen LogP contribution in [-0.4, -0.2) is 5.78 Å². The summed E-state index contributed by atoms with van der Waals surface area (Å²) in [5.41, 5.74) is -0.0784. The Hall–Kier alpha value is -1.62. The number of benzene rings is 1. The van der Waals surface area contributed by atoms with E-state index in [0.717, 1.165) is 6.07 Å². The quantitative estimate of drug-likeness (QED) is 0.713. The van der Waals surface area contributed by atoms with Crippen molar-refractivity contribution in [1.29, 1.82) is 0 Å². The molecule has 0 atom stereocenters. The van der Waals surface area contributed by atoms with E-state index in [2.05, 4.69) is 0 Å². The van der Waals surface area contributed by atoms with Crippen LogP contribution in [0, 0.1) is 6.92 Å². The summed E-state index contributed by atoms with van der Waals surface area (Å²) in [6.07, 6.45) is -4.40. The smallest absolute Gasteiger partial charge is 0.294 e. The van der Waals surface area contributed by atoms with Gasteiger partial charge < -0.3 is 0 Å². The maximum atomic E-state index is 13.0. The highest BCUT2D eigenvalue weighted by molar-refractivity contribution is 7.14. The second kappa shape index (κ2) is 4.81. The van der Waals surface area contributed by atoms with Crippen LogP contribution in [-0.2, 0) is 6.18 Å². The molecule has 100 valence electrons. The zero-order chi connectivity index (χ0) is 14.2. The number of carbonyl (C=O) groups excluding carboxylic acids is 1. The molecule has 0 aliphatic rings. The molecule has 0 aliphatic heterocycles. The summed E-state index contributed by atoms with van der Waals surface area (Å²) in [6, 6.07) is 6.95. The highest BCUT2D eigenvalue weighted by Crippen LogP contribution is 2.40. The Balaban J connectivity index is 2.63. The van der Waals surface area contributed by atoms with Crippen molar-refractivity contribution < 1.29 is 18.0 Å². The lowest BCUT2D eigenvalue weighted by atomic mass is 9.99. The Morgan fingerprint density at radius 1 is 1.16 bits per heavy atom. The maximum Gasteiger partial charge on any atom is 0.417 e. The molecule has 0 saturated heterocycles. The lowest BCUT2D eigenvalue weighted by Crippen LogP contribution is -2.06. The number of rotatable bonds is 2. The predicted molar refractivity (Wildman–Crippen MR) is 69.5 cm³/mol. The number of hydrogen-bond donors (Lipinski definition) is 0. The number of Topliss-reactive ketones (excluding diaryl/α,β-unsaturated/α-hetero) is 1. The van der Waals surface area contributed by atoms with Crippen LogP contribution in [0.2, 0.25) is 0 Å². The van der Waals surface area contributed by atoms with E-state index in [1.165, 1.54) is 36.5 Å². The molecule has 1 aromatic heterocycles. The van der Waals surface area contributed by atoms with Crippen molar-refractivity contribution in [3.63, 3.8) is 0 Å². The van der Waals surface area contributed by atoms with Gasteiger partial charge >= 0.3 is 6.18 Å². The highest BCUT2D eigenvalue weighted by Gasteiger charge is 2.33. The van der Waals surface area contributed by atoms with Crippen LogP contribution < -0.4 is 0 Å². The zero-order valence-electron chi connectivity index (χ0n) is 10.3. The third-order valence-corrected chi connectivity index (χ3v) is 3.94. The van der Waals surface area contributed by atoms with E-state index in [4.69, 9.17) is 0 Å². The molecule has 0 aliphatic carbocycles. The predicted octanol–water partition coefficient (Wildman–Crippen LogP) is 4.94. The molecule has 1 nitrogen and oxygen atoms in total. The number of hydrogen-bond acceptors (Lipinski definition) is 2. The molecule has 1 heterocycles. The van der Waals surface area contributed by atoms with Gasteiger partial charge in [-0.25, -0.2) is 0 Å². The fourth-order valence-corrected chi connectivity index (χ4v) is 2.82. The summed E-state index contributed by atoms with van der Waals surface area (Å²) in [4.78, 5) is 12.5. The molecule has 0 fully saturated rings. The van der Waals surface area contributed by atoms with E-state index in [9.17, 15) is 18.0 Å². The minimum atomic E-state index is -4.40. The van der Waals surface area contributed by atoms with E-state index in [-0.39, 0.29) is 11.3 Å². The molecule has 5 heteroatoms. The summed E-state index contributed by atoms with van der Waals surface area (Å²) in [5.74, 6) is -0.135. The number of aryl methyl sites for hydroxylation is 1. The molecule has 1 aromatic carbocycles. The fraction of sp³-hybridized carbons (Fsp3) is 0.214. The van der Waals surface area contributed by atoms with E-state index in [1.807, 2.05) is 0 Å². The number of alkyl halides is 3. The Bertz CT molecular complexity index is 626. The molecular weight excluding hydrogens is 273 g/mol. The molecule has 0 bridgehead atoms. The van der Waals surface area contributed by atoms with Crippen LogP contribution >= 0.6 is 11.3 Å². The summed E-state index contributed by atoms with van der Waals surface area (Å²) in [6.45, 7) is 3.13. The average Bonchev–Trinajstić information content (AvgIpc) is 2.70. The normalized spacial score (nSPS) is 11.6. The monoisotopic (exact) mass is 284 g/mol. The van der Waals surface area contributed by atoms with Crippen molar-refractivity contribution in [2.75, 3.05) is 0 Å². The van der Waals surface area contributed by atoms with Crippen molar-refractivity contribution in [3.8, 4) is 11.1 Å². The van der Waals surface area contributed by atoms with Crippen molar-refractivity contribution in [2.24, 2.45) is 0 Å². The summed E-state index contributed by atoms with van der Waals surface area (Å²) >= 11 is 1.22. The van der Waals surface area contributed by atoms with Crippen molar-refractivity contribution >= 4 is 17.1 Å². The van der Waals surface area contributed by atoms with E-state index < -0.39 is 11.7 Å². The molecule has 2 rings (SSSR count). The number of ketones is 1. The third-order valence-electron chi connectivity index (χ3n) is 2.79. The van der Waals surface area contributed by atoms with E-state index >= 15 is 0 Å². The van der Waals surface area contributed by atoms with Crippen LogP contribution in [0.1, 0.15) is 27.0 Å². The first-order chi connectivity index (χ1) is 8.80. The van der Waals surface area contributed by atoms with Gasteiger partial charge in [0.05, 0.1) is 10.4 Å². The van der Waals surface area contributed by atoms with Gasteiger partial charge in [0.2, 0.25) is 0 Å². The third kappa shape index (κ3) is 2.71. The first kappa shape index (κ1) is 13.8. The van der Waals surface area contributed by atoms with Gasteiger partial charge in [-0.05, 0) is 37.1 Å². The second-order valence-corrected chi connectivity index (χ2v) is 5.44. The number of thiophene rings is 1. The van der Waals surface area contributed by atoms with Gasteiger partial charge in [-0.3, -0.25) is 4.79 Å². The van der Waals surface area contributed by atoms with E-state index in [0.29, 0.717) is 15.3 Å². The lowest BCUT2D eigenvalue weighted by molar-refractivity contribution is -0.137.